The zero-order valence-corrected chi connectivity index (χ0v) is 18.0. The van der Waals surface area contributed by atoms with Crippen LogP contribution in [-0.4, -0.2) is 31.8 Å². The highest BCUT2D eigenvalue weighted by Gasteiger charge is 2.37. The van der Waals surface area contributed by atoms with Gasteiger partial charge in [-0.15, -0.1) is 0 Å². The van der Waals surface area contributed by atoms with Gasteiger partial charge in [-0.25, -0.2) is 9.59 Å². The van der Waals surface area contributed by atoms with Gasteiger partial charge < -0.3 is 18.9 Å². The molecule has 0 spiro atoms. The first-order valence-corrected chi connectivity index (χ1v) is 11.0. The van der Waals surface area contributed by atoms with Gasteiger partial charge in [-0.2, -0.15) is 0 Å². The van der Waals surface area contributed by atoms with Crippen LogP contribution in [0.15, 0.2) is 6.07 Å². The second-order valence-electron chi connectivity index (χ2n) is 7.30. The maximum atomic E-state index is 12.3. The molecule has 1 aliphatic heterocycles. The highest BCUT2D eigenvalue weighted by Crippen LogP contribution is 2.45. The topological polar surface area (TPSA) is 71.1 Å². The molecule has 0 fully saturated rings. The van der Waals surface area contributed by atoms with Crippen LogP contribution in [0.3, 0.4) is 0 Å². The normalized spacial score (nSPS) is 12.7. The SMILES string of the molecule is CCCCCOc1cc2c(c(OCCCCC)c1OCCCCC)C(=O)OC2=O. The lowest BCUT2D eigenvalue weighted by Crippen LogP contribution is -2.10. The third kappa shape index (κ3) is 6.38. The first-order valence-electron chi connectivity index (χ1n) is 11.0. The van der Waals surface area contributed by atoms with Gasteiger partial charge >= 0.3 is 11.9 Å². The second kappa shape index (κ2) is 12.3. The maximum Gasteiger partial charge on any atom is 0.350 e. The van der Waals surface area contributed by atoms with E-state index in [1.54, 1.807) is 6.07 Å². The lowest BCUT2D eigenvalue weighted by Gasteiger charge is -2.19. The van der Waals surface area contributed by atoms with E-state index in [0.717, 1.165) is 57.8 Å². The molecular weight excluding hydrogens is 372 g/mol. The van der Waals surface area contributed by atoms with Gasteiger partial charge in [-0.05, 0) is 25.3 Å². The summed E-state index contributed by atoms with van der Waals surface area (Å²) in [5.41, 5.74) is 0.338. The molecule has 6 nitrogen and oxygen atoms in total. The average molecular weight is 407 g/mol. The van der Waals surface area contributed by atoms with Gasteiger partial charge in [-0.1, -0.05) is 59.3 Å². The van der Waals surface area contributed by atoms with E-state index in [1.807, 2.05) is 0 Å². The summed E-state index contributed by atoms with van der Waals surface area (Å²) in [6.45, 7) is 7.80. The minimum absolute atomic E-state index is 0.151. The molecule has 1 aromatic carbocycles. The number of ether oxygens (including phenoxy) is 4. The van der Waals surface area contributed by atoms with E-state index in [1.165, 1.54) is 0 Å². The van der Waals surface area contributed by atoms with E-state index in [4.69, 9.17) is 18.9 Å². The van der Waals surface area contributed by atoms with Crippen LogP contribution >= 0.6 is 0 Å². The van der Waals surface area contributed by atoms with E-state index in [9.17, 15) is 9.59 Å². The number of esters is 2. The first kappa shape index (κ1) is 23.0. The van der Waals surface area contributed by atoms with E-state index in [-0.39, 0.29) is 16.9 Å². The number of carbonyl (C=O) groups is 2. The van der Waals surface area contributed by atoms with Crippen molar-refractivity contribution < 1.29 is 28.5 Å². The zero-order valence-electron chi connectivity index (χ0n) is 18.0. The van der Waals surface area contributed by atoms with Crippen LogP contribution in [0.1, 0.15) is 99.3 Å². The molecule has 29 heavy (non-hydrogen) atoms. The van der Waals surface area contributed by atoms with Crippen molar-refractivity contribution in [3.63, 3.8) is 0 Å². The van der Waals surface area contributed by atoms with Crippen LogP contribution in [-0.2, 0) is 4.74 Å². The minimum atomic E-state index is -0.688. The van der Waals surface area contributed by atoms with Gasteiger partial charge in [0, 0.05) is 0 Å². The Morgan fingerprint density at radius 3 is 1.76 bits per heavy atom. The van der Waals surface area contributed by atoms with Crippen molar-refractivity contribution in [1.82, 2.24) is 0 Å². The van der Waals surface area contributed by atoms with Crippen molar-refractivity contribution in [2.75, 3.05) is 19.8 Å². The smallest absolute Gasteiger partial charge is 0.350 e. The standard InChI is InChI=1S/C23H34O6/c1-4-7-10-13-26-18-16-17-19(23(25)29-22(17)24)21(28-15-12-9-6-3)20(18)27-14-11-8-5-2/h16H,4-15H2,1-3H3. The fourth-order valence-electron chi connectivity index (χ4n) is 3.14. The maximum absolute atomic E-state index is 12.3. The number of fused-ring (bicyclic) bond motifs is 1. The molecule has 2 rings (SSSR count). The fourth-order valence-corrected chi connectivity index (χ4v) is 3.14. The predicted molar refractivity (Wildman–Crippen MR) is 111 cm³/mol. The number of hydrogen-bond acceptors (Lipinski definition) is 6. The molecule has 0 bridgehead atoms. The molecule has 0 saturated carbocycles. The lowest BCUT2D eigenvalue weighted by molar-refractivity contribution is 0.0442. The molecule has 1 aliphatic rings. The molecule has 0 saturated heterocycles. The molecule has 0 amide bonds. The quantitative estimate of drug-likeness (QED) is 0.211. The number of hydrogen-bond donors (Lipinski definition) is 0. The molecule has 162 valence electrons. The molecule has 0 radical (unpaired) electrons. The Balaban J connectivity index is 2.34. The molecule has 1 aromatic rings. The van der Waals surface area contributed by atoms with Crippen molar-refractivity contribution in [3.05, 3.63) is 17.2 Å². The molecule has 6 heteroatoms. The van der Waals surface area contributed by atoms with Crippen LogP contribution in [0.5, 0.6) is 17.2 Å². The van der Waals surface area contributed by atoms with E-state index in [2.05, 4.69) is 20.8 Å². The predicted octanol–water partition coefficient (Wildman–Crippen LogP) is 5.70. The molecule has 0 N–H and O–H groups in total. The van der Waals surface area contributed by atoms with Gasteiger partial charge in [0.05, 0.1) is 25.4 Å². The average Bonchev–Trinajstić information content (AvgIpc) is 3.00. The van der Waals surface area contributed by atoms with E-state index >= 15 is 0 Å². The van der Waals surface area contributed by atoms with Crippen LogP contribution in [0.2, 0.25) is 0 Å². The summed E-state index contributed by atoms with van der Waals surface area (Å²) in [7, 11) is 0. The number of benzene rings is 1. The molecule has 0 aromatic heterocycles. The van der Waals surface area contributed by atoms with Crippen molar-refractivity contribution in [2.24, 2.45) is 0 Å². The third-order valence-electron chi connectivity index (χ3n) is 4.81. The molecule has 0 aliphatic carbocycles. The Morgan fingerprint density at radius 1 is 0.690 bits per heavy atom. The van der Waals surface area contributed by atoms with Crippen molar-refractivity contribution >= 4 is 11.9 Å². The summed E-state index contributed by atoms with van der Waals surface area (Å²) in [6.07, 6.45) is 8.99. The summed E-state index contributed by atoms with van der Waals surface area (Å²) in [5.74, 6) is -0.241. The highest BCUT2D eigenvalue weighted by molar-refractivity contribution is 6.17. The molecule has 0 unspecified atom stereocenters. The Morgan fingerprint density at radius 2 is 1.21 bits per heavy atom. The Bertz CT molecular complexity index is 682. The minimum Gasteiger partial charge on any atom is -0.490 e. The van der Waals surface area contributed by atoms with Gasteiger partial charge in [-0.3, -0.25) is 0 Å². The fraction of sp³-hybridized carbons (Fsp3) is 0.652. The van der Waals surface area contributed by atoms with Crippen LogP contribution < -0.4 is 14.2 Å². The molecule has 1 heterocycles. The highest BCUT2D eigenvalue weighted by atomic mass is 16.6. The second-order valence-corrected chi connectivity index (χ2v) is 7.30. The van der Waals surface area contributed by atoms with Crippen LogP contribution in [0, 0.1) is 0 Å². The zero-order chi connectivity index (χ0) is 21.1. The Labute approximate surface area is 173 Å². The van der Waals surface area contributed by atoms with Gasteiger partial charge in [0.1, 0.15) is 5.56 Å². The summed E-state index contributed by atoms with van der Waals surface area (Å²) < 4.78 is 22.8. The molecule has 0 atom stereocenters. The van der Waals surface area contributed by atoms with Crippen molar-refractivity contribution in [3.8, 4) is 17.2 Å². The Kier molecular flexibility index (Phi) is 9.81. The largest absolute Gasteiger partial charge is 0.490 e. The number of unbranched alkanes of at least 4 members (excludes halogenated alkanes) is 6. The van der Waals surface area contributed by atoms with Crippen molar-refractivity contribution in [2.45, 2.75) is 78.6 Å². The van der Waals surface area contributed by atoms with Crippen LogP contribution in [0.25, 0.3) is 0 Å². The lowest BCUT2D eigenvalue weighted by atomic mass is 10.1. The monoisotopic (exact) mass is 406 g/mol. The van der Waals surface area contributed by atoms with E-state index < -0.39 is 11.9 Å². The number of carbonyl (C=O) groups excluding carboxylic acids is 2. The Hall–Kier alpha value is -2.24. The molecular formula is C23H34O6. The number of rotatable bonds is 15. The van der Waals surface area contributed by atoms with Gasteiger partial charge in [0.2, 0.25) is 5.75 Å². The van der Waals surface area contributed by atoms with Crippen LogP contribution in [0.4, 0.5) is 0 Å². The summed E-state index contributed by atoms with van der Waals surface area (Å²) in [6, 6.07) is 1.56. The van der Waals surface area contributed by atoms with Crippen molar-refractivity contribution in [1.29, 1.82) is 0 Å². The summed E-state index contributed by atoms with van der Waals surface area (Å²) in [4.78, 5) is 24.5. The number of cyclic esters (lactones) is 2. The third-order valence-corrected chi connectivity index (χ3v) is 4.81. The summed E-state index contributed by atoms with van der Waals surface area (Å²) >= 11 is 0. The van der Waals surface area contributed by atoms with Gasteiger partial charge in [0.25, 0.3) is 0 Å². The first-order chi connectivity index (χ1) is 14.1. The summed E-state index contributed by atoms with van der Waals surface area (Å²) in [5, 5.41) is 0. The van der Waals surface area contributed by atoms with E-state index in [0.29, 0.717) is 31.3 Å². The van der Waals surface area contributed by atoms with Gasteiger partial charge in [0.15, 0.2) is 11.5 Å².